The zero-order valence-electron chi connectivity index (χ0n) is 9.28. The number of nitrogens with zero attached hydrogens (tertiary/aromatic N) is 1. The second-order valence-corrected chi connectivity index (χ2v) is 4.31. The minimum absolute atomic E-state index is 0.0869. The Kier molecular flexibility index (Phi) is 3.17. The molecule has 0 aromatic carbocycles. The lowest BCUT2D eigenvalue weighted by Gasteiger charge is -2.43. The molecule has 4 heteroatoms. The van der Waals surface area contributed by atoms with E-state index in [-0.39, 0.29) is 12.0 Å². The van der Waals surface area contributed by atoms with Gasteiger partial charge < -0.3 is 14.7 Å². The minimum Gasteiger partial charge on any atom is -0.467 e. The molecule has 82 valence electrons. The molecule has 0 bridgehead atoms. The van der Waals surface area contributed by atoms with Crippen LogP contribution in [0.5, 0.6) is 0 Å². The monoisotopic (exact) mass is 201 g/mol. The molecule has 0 amide bonds. The molecule has 4 nitrogen and oxygen atoms in total. The third-order valence-corrected chi connectivity index (χ3v) is 3.28. The first-order chi connectivity index (χ1) is 6.41. The van der Waals surface area contributed by atoms with E-state index >= 15 is 0 Å². The highest BCUT2D eigenvalue weighted by Crippen LogP contribution is 2.31. The Morgan fingerprint density at radius 1 is 1.57 bits per heavy atom. The number of ether oxygens (including phenoxy) is 1. The molecule has 1 aliphatic heterocycles. The Bertz CT molecular complexity index is 231. The summed E-state index contributed by atoms with van der Waals surface area (Å²) in [5, 5.41) is 10.2. The van der Waals surface area contributed by atoms with Gasteiger partial charge in [-0.15, -0.1) is 0 Å². The van der Waals surface area contributed by atoms with Gasteiger partial charge in [-0.3, -0.25) is 0 Å². The second-order valence-electron chi connectivity index (χ2n) is 4.31. The van der Waals surface area contributed by atoms with Gasteiger partial charge in [0.15, 0.2) is 5.60 Å². The van der Waals surface area contributed by atoms with Crippen LogP contribution in [-0.2, 0) is 9.53 Å². The molecule has 0 radical (unpaired) electrons. The third kappa shape index (κ3) is 1.77. The molecule has 0 aromatic rings. The molecule has 3 atom stereocenters. The number of likely N-dealkylation sites (tertiary alicyclic amines) is 1. The molecule has 0 aromatic heterocycles. The first-order valence-electron chi connectivity index (χ1n) is 4.93. The summed E-state index contributed by atoms with van der Waals surface area (Å²) in [5.41, 5.74) is -1.30. The number of methoxy groups -OCH3 is 1. The Hall–Kier alpha value is -0.610. The van der Waals surface area contributed by atoms with Crippen molar-refractivity contribution < 1.29 is 14.6 Å². The molecule has 1 saturated heterocycles. The Labute approximate surface area is 84.8 Å². The maximum atomic E-state index is 11.5. The van der Waals surface area contributed by atoms with Crippen molar-refractivity contribution >= 4 is 5.97 Å². The number of aliphatic hydroxyl groups is 1. The van der Waals surface area contributed by atoms with Gasteiger partial charge in [-0.2, -0.15) is 0 Å². The van der Waals surface area contributed by atoms with Gasteiger partial charge in [-0.25, -0.2) is 4.79 Å². The van der Waals surface area contributed by atoms with Crippen molar-refractivity contribution in [3.8, 4) is 0 Å². The molecule has 0 saturated carbocycles. The number of carbonyl (C=O) groups excluding carboxylic acids is 1. The van der Waals surface area contributed by atoms with E-state index in [1.165, 1.54) is 7.11 Å². The van der Waals surface area contributed by atoms with Crippen LogP contribution in [0.25, 0.3) is 0 Å². The van der Waals surface area contributed by atoms with Crippen molar-refractivity contribution in [3.63, 3.8) is 0 Å². The lowest BCUT2D eigenvalue weighted by molar-refractivity contribution is -0.176. The topological polar surface area (TPSA) is 49.8 Å². The zero-order valence-corrected chi connectivity index (χ0v) is 9.28. The molecule has 0 unspecified atom stereocenters. The number of hydrogen-bond donors (Lipinski definition) is 1. The number of carbonyl (C=O) groups is 1. The number of rotatable bonds is 1. The number of hydrogen-bond acceptors (Lipinski definition) is 4. The highest BCUT2D eigenvalue weighted by Gasteiger charge is 2.47. The smallest absolute Gasteiger partial charge is 0.338 e. The quantitative estimate of drug-likeness (QED) is 0.618. The summed E-state index contributed by atoms with van der Waals surface area (Å²) in [6.07, 6.45) is 0.442. The van der Waals surface area contributed by atoms with Crippen molar-refractivity contribution in [2.24, 2.45) is 5.92 Å². The normalized spacial score (nSPS) is 39.5. The van der Waals surface area contributed by atoms with Crippen LogP contribution >= 0.6 is 0 Å². The average molecular weight is 201 g/mol. The number of piperidine rings is 1. The Morgan fingerprint density at radius 3 is 2.64 bits per heavy atom. The summed E-state index contributed by atoms with van der Waals surface area (Å²) < 4.78 is 4.64. The van der Waals surface area contributed by atoms with E-state index < -0.39 is 11.6 Å². The maximum Gasteiger partial charge on any atom is 0.338 e. The van der Waals surface area contributed by atoms with Gasteiger partial charge in [0, 0.05) is 24.9 Å². The maximum absolute atomic E-state index is 11.5. The lowest BCUT2D eigenvalue weighted by Crippen LogP contribution is -2.57. The van der Waals surface area contributed by atoms with E-state index in [0.29, 0.717) is 13.0 Å². The van der Waals surface area contributed by atoms with Crippen LogP contribution in [0.2, 0.25) is 0 Å². The summed E-state index contributed by atoms with van der Waals surface area (Å²) in [6.45, 7) is 4.59. The van der Waals surface area contributed by atoms with E-state index in [1.54, 1.807) is 0 Å². The molecule has 1 N–H and O–H groups in total. The van der Waals surface area contributed by atoms with Crippen molar-refractivity contribution in [1.82, 2.24) is 4.90 Å². The SMILES string of the molecule is COC(=O)[C@@]1(O)C[C@@H](C)N(C)C[C@H]1C. The molecule has 14 heavy (non-hydrogen) atoms. The van der Waals surface area contributed by atoms with E-state index in [1.807, 2.05) is 20.9 Å². The predicted molar refractivity (Wildman–Crippen MR) is 52.8 cm³/mol. The van der Waals surface area contributed by atoms with Crippen LogP contribution in [0.3, 0.4) is 0 Å². The van der Waals surface area contributed by atoms with Gasteiger partial charge in [-0.05, 0) is 14.0 Å². The molecule has 1 fully saturated rings. The van der Waals surface area contributed by atoms with Crippen molar-refractivity contribution in [2.45, 2.75) is 31.9 Å². The standard InChI is InChI=1S/C10H19NO3/c1-7-6-11(3)8(2)5-10(7,13)9(12)14-4/h7-8,13H,5-6H2,1-4H3/t7-,8-,10-/m1/s1. The van der Waals surface area contributed by atoms with Crippen molar-refractivity contribution in [1.29, 1.82) is 0 Å². The van der Waals surface area contributed by atoms with Crippen LogP contribution in [-0.4, -0.2) is 48.3 Å². The van der Waals surface area contributed by atoms with Gasteiger partial charge >= 0.3 is 5.97 Å². The molecule has 1 aliphatic rings. The summed E-state index contributed by atoms with van der Waals surface area (Å²) in [6, 6.07) is 0.204. The van der Waals surface area contributed by atoms with E-state index in [9.17, 15) is 9.90 Å². The van der Waals surface area contributed by atoms with Crippen LogP contribution in [0.15, 0.2) is 0 Å². The fraction of sp³-hybridized carbons (Fsp3) is 0.900. The molecule has 1 heterocycles. The van der Waals surface area contributed by atoms with Crippen LogP contribution in [0.4, 0.5) is 0 Å². The highest BCUT2D eigenvalue weighted by molar-refractivity contribution is 5.79. The van der Waals surface area contributed by atoms with E-state index in [0.717, 1.165) is 0 Å². The highest BCUT2D eigenvalue weighted by atomic mass is 16.5. The van der Waals surface area contributed by atoms with Gasteiger partial charge in [0.1, 0.15) is 0 Å². The summed E-state index contributed by atoms with van der Waals surface area (Å²) >= 11 is 0. The largest absolute Gasteiger partial charge is 0.467 e. The van der Waals surface area contributed by atoms with Gasteiger partial charge in [0.2, 0.25) is 0 Å². The van der Waals surface area contributed by atoms with Gasteiger partial charge in [-0.1, -0.05) is 6.92 Å². The molecule has 0 aliphatic carbocycles. The molecular weight excluding hydrogens is 182 g/mol. The summed E-state index contributed by atoms with van der Waals surface area (Å²) in [5.74, 6) is -0.596. The molecular formula is C10H19NO3. The van der Waals surface area contributed by atoms with Crippen molar-refractivity contribution in [3.05, 3.63) is 0 Å². The van der Waals surface area contributed by atoms with Gasteiger partial charge in [0.25, 0.3) is 0 Å². The molecule has 0 spiro atoms. The zero-order chi connectivity index (χ0) is 10.9. The third-order valence-electron chi connectivity index (χ3n) is 3.28. The van der Waals surface area contributed by atoms with Crippen LogP contribution in [0, 0.1) is 5.92 Å². The average Bonchev–Trinajstić information content (AvgIpc) is 2.13. The van der Waals surface area contributed by atoms with Gasteiger partial charge in [0.05, 0.1) is 7.11 Å². The first-order valence-corrected chi connectivity index (χ1v) is 4.93. The number of esters is 1. The lowest BCUT2D eigenvalue weighted by atomic mass is 9.79. The van der Waals surface area contributed by atoms with Crippen LogP contribution < -0.4 is 0 Å². The van der Waals surface area contributed by atoms with Crippen molar-refractivity contribution in [2.75, 3.05) is 20.7 Å². The predicted octanol–water partition coefficient (Wildman–Crippen LogP) is 0.251. The van der Waals surface area contributed by atoms with E-state index in [2.05, 4.69) is 9.64 Å². The summed E-state index contributed by atoms with van der Waals surface area (Å²) in [4.78, 5) is 13.6. The summed E-state index contributed by atoms with van der Waals surface area (Å²) in [7, 11) is 3.31. The fourth-order valence-corrected chi connectivity index (χ4v) is 2.03. The minimum atomic E-state index is -1.30. The van der Waals surface area contributed by atoms with Crippen LogP contribution in [0.1, 0.15) is 20.3 Å². The van der Waals surface area contributed by atoms with E-state index in [4.69, 9.17) is 0 Å². The Balaban J connectivity index is 2.83. The fourth-order valence-electron chi connectivity index (χ4n) is 2.03. The Morgan fingerprint density at radius 2 is 2.14 bits per heavy atom. The molecule has 1 rings (SSSR count). The first kappa shape index (κ1) is 11.5. The second kappa shape index (κ2) is 3.87.